The summed E-state index contributed by atoms with van der Waals surface area (Å²) in [5.74, 6) is -0.168. The first kappa shape index (κ1) is 32.7. The zero-order chi connectivity index (χ0) is 33.5. The van der Waals surface area contributed by atoms with Crippen molar-refractivity contribution in [3.05, 3.63) is 149 Å². The van der Waals surface area contributed by atoms with Crippen molar-refractivity contribution in [1.29, 1.82) is 0 Å². The molecule has 0 saturated carbocycles. The Kier molecular flexibility index (Phi) is 10.0. The van der Waals surface area contributed by atoms with Gasteiger partial charge in [-0.05, 0) is 87.2 Å². The van der Waals surface area contributed by atoms with Gasteiger partial charge in [0.1, 0.15) is 28.9 Å². The molecule has 6 nitrogen and oxygen atoms in total. The average Bonchev–Trinajstić information content (AvgIpc) is 3.11. The molecule has 1 heterocycles. The molecule has 5 aromatic carbocycles. The number of ether oxygens (including phenoxy) is 1. The number of benzene rings is 5. The van der Waals surface area contributed by atoms with Crippen LogP contribution >= 0.6 is 7.26 Å². The number of aromatic hydroxyl groups is 1. The van der Waals surface area contributed by atoms with Gasteiger partial charge in [0.2, 0.25) is 5.75 Å². The normalized spacial score (nSPS) is 11.5. The standard InChI is InChI=1S/C41H38NO5P/c1-29(2)42-41(45)47-37-26-25-35-36(43)28-38(46-40(35)39(37)44)31-23-21-30(22-24-31)14-12-13-27-48(32-15-6-3-7-16-32,33-17-8-4-9-18-33)34-19-10-5-11-20-34/h3-11,15-26,28-29H,12-14,27H2,1-2H3,(H-,42,44,45)/p+1. The molecule has 48 heavy (non-hydrogen) atoms. The second-order valence-electron chi connectivity index (χ2n) is 12.1. The number of phenols is 1. The molecule has 1 amide bonds. The highest BCUT2D eigenvalue weighted by molar-refractivity contribution is 7.95. The predicted octanol–water partition coefficient (Wildman–Crippen LogP) is 7.98. The fourth-order valence-corrected chi connectivity index (χ4v) is 10.6. The van der Waals surface area contributed by atoms with Crippen molar-refractivity contribution in [3.8, 4) is 22.8 Å². The lowest BCUT2D eigenvalue weighted by Gasteiger charge is -2.27. The van der Waals surface area contributed by atoms with Crippen molar-refractivity contribution in [2.75, 3.05) is 6.16 Å². The van der Waals surface area contributed by atoms with Gasteiger partial charge in [0, 0.05) is 17.7 Å². The molecule has 7 heteroatoms. The minimum Gasteiger partial charge on any atom is -0.502 e. The van der Waals surface area contributed by atoms with E-state index in [4.69, 9.17) is 9.15 Å². The molecule has 242 valence electrons. The molecule has 0 saturated heterocycles. The molecule has 0 atom stereocenters. The largest absolute Gasteiger partial charge is 0.502 e. The quantitative estimate of drug-likeness (QED) is 0.109. The highest BCUT2D eigenvalue weighted by Gasteiger charge is 2.44. The number of fused-ring (bicyclic) bond motifs is 1. The van der Waals surface area contributed by atoms with Crippen molar-refractivity contribution in [2.45, 2.75) is 39.2 Å². The lowest BCUT2D eigenvalue weighted by molar-refractivity contribution is 0.196. The van der Waals surface area contributed by atoms with E-state index >= 15 is 0 Å². The van der Waals surface area contributed by atoms with Crippen molar-refractivity contribution in [2.24, 2.45) is 0 Å². The zero-order valence-electron chi connectivity index (χ0n) is 27.1. The van der Waals surface area contributed by atoms with Gasteiger partial charge in [0.15, 0.2) is 16.8 Å². The Hall–Kier alpha value is -5.19. The molecule has 0 bridgehead atoms. The minimum atomic E-state index is -1.86. The van der Waals surface area contributed by atoms with Crippen molar-refractivity contribution >= 4 is 40.2 Å². The number of rotatable bonds is 11. The van der Waals surface area contributed by atoms with Gasteiger partial charge < -0.3 is 19.6 Å². The first-order valence-corrected chi connectivity index (χ1v) is 18.2. The van der Waals surface area contributed by atoms with Gasteiger partial charge >= 0.3 is 6.09 Å². The molecule has 6 aromatic rings. The van der Waals surface area contributed by atoms with E-state index < -0.39 is 19.1 Å². The van der Waals surface area contributed by atoms with Gasteiger partial charge in [0.05, 0.1) is 11.5 Å². The van der Waals surface area contributed by atoms with Crippen LogP contribution in [0.5, 0.6) is 11.5 Å². The summed E-state index contributed by atoms with van der Waals surface area (Å²) < 4.78 is 11.3. The van der Waals surface area contributed by atoms with Crippen LogP contribution in [0.25, 0.3) is 22.3 Å². The maximum Gasteiger partial charge on any atom is 0.412 e. The third-order valence-electron chi connectivity index (χ3n) is 8.48. The Morgan fingerprint density at radius 2 is 1.33 bits per heavy atom. The Bertz CT molecular complexity index is 1950. The van der Waals surface area contributed by atoms with Gasteiger partial charge in [0.25, 0.3) is 0 Å². The van der Waals surface area contributed by atoms with Crippen molar-refractivity contribution in [1.82, 2.24) is 5.32 Å². The van der Waals surface area contributed by atoms with Crippen molar-refractivity contribution in [3.63, 3.8) is 0 Å². The molecule has 1 aromatic heterocycles. The van der Waals surface area contributed by atoms with Crippen LogP contribution in [0.2, 0.25) is 0 Å². The summed E-state index contributed by atoms with van der Waals surface area (Å²) in [6.07, 6.45) is 3.37. The predicted molar refractivity (Wildman–Crippen MR) is 197 cm³/mol. The van der Waals surface area contributed by atoms with Gasteiger partial charge in [-0.25, -0.2) is 4.79 Å². The summed E-state index contributed by atoms with van der Waals surface area (Å²) in [5.41, 5.74) is 1.58. The molecule has 0 aliphatic rings. The van der Waals surface area contributed by atoms with Crippen LogP contribution in [-0.4, -0.2) is 23.4 Å². The summed E-state index contributed by atoms with van der Waals surface area (Å²) in [7, 11) is -1.86. The van der Waals surface area contributed by atoms with Crippen LogP contribution < -0.4 is 31.4 Å². The van der Waals surface area contributed by atoms with E-state index in [0.717, 1.165) is 25.4 Å². The van der Waals surface area contributed by atoms with E-state index in [1.54, 1.807) is 13.8 Å². The van der Waals surface area contributed by atoms with Gasteiger partial charge in [-0.3, -0.25) is 4.79 Å². The van der Waals surface area contributed by atoms with Gasteiger partial charge in [-0.1, -0.05) is 78.9 Å². The van der Waals surface area contributed by atoms with Crippen LogP contribution in [0.4, 0.5) is 4.79 Å². The fraction of sp³-hybridized carbons (Fsp3) is 0.171. The summed E-state index contributed by atoms with van der Waals surface area (Å²) in [4.78, 5) is 25.0. The Labute approximate surface area is 281 Å². The summed E-state index contributed by atoms with van der Waals surface area (Å²) in [5, 5.41) is 17.8. The number of nitrogens with one attached hydrogen (secondary N) is 1. The lowest BCUT2D eigenvalue weighted by Crippen LogP contribution is -2.33. The molecule has 0 spiro atoms. The zero-order valence-corrected chi connectivity index (χ0v) is 28.0. The molecule has 6 rings (SSSR count). The molecule has 2 N–H and O–H groups in total. The average molecular weight is 657 g/mol. The number of carbonyl (C=O) groups excluding carboxylic acids is 1. The van der Waals surface area contributed by atoms with E-state index in [1.165, 1.54) is 39.7 Å². The SMILES string of the molecule is CC(C)NC(=O)Oc1ccc2c(=O)cc(-c3ccc(CCCC[P+](c4ccccc4)(c4ccccc4)c4ccccc4)cc3)oc2c1O. The van der Waals surface area contributed by atoms with E-state index in [2.05, 4.69) is 108 Å². The monoisotopic (exact) mass is 656 g/mol. The fourth-order valence-electron chi connectivity index (χ4n) is 6.17. The Balaban J connectivity index is 1.19. The number of amides is 1. The maximum absolute atomic E-state index is 12.9. The third kappa shape index (κ3) is 7.05. The van der Waals surface area contributed by atoms with E-state index in [-0.39, 0.29) is 28.2 Å². The first-order chi connectivity index (χ1) is 23.3. The number of carbonyl (C=O) groups is 1. The van der Waals surface area contributed by atoms with Crippen molar-refractivity contribution < 1.29 is 19.1 Å². The van der Waals surface area contributed by atoms with E-state index in [1.807, 2.05) is 12.1 Å². The second kappa shape index (κ2) is 14.7. The summed E-state index contributed by atoms with van der Waals surface area (Å²) in [6, 6.07) is 45.0. The smallest absolute Gasteiger partial charge is 0.412 e. The number of phenolic OH excluding ortho intramolecular Hbond substituents is 1. The molecule has 0 unspecified atom stereocenters. The van der Waals surface area contributed by atoms with Gasteiger partial charge in [-0.2, -0.15) is 0 Å². The summed E-state index contributed by atoms with van der Waals surface area (Å²) >= 11 is 0. The number of unbranched alkanes of at least 4 members (excludes halogenated alkanes) is 1. The number of hydrogen-bond acceptors (Lipinski definition) is 5. The molecular weight excluding hydrogens is 617 g/mol. The third-order valence-corrected chi connectivity index (χ3v) is 13.0. The molecule has 0 radical (unpaired) electrons. The Morgan fingerprint density at radius 1 is 0.771 bits per heavy atom. The molecule has 0 aliphatic carbocycles. The molecule has 0 fully saturated rings. The summed E-state index contributed by atoms with van der Waals surface area (Å²) in [6.45, 7) is 3.60. The van der Waals surface area contributed by atoms with Crippen LogP contribution in [-0.2, 0) is 6.42 Å². The Morgan fingerprint density at radius 3 is 1.88 bits per heavy atom. The highest BCUT2D eigenvalue weighted by Crippen LogP contribution is 2.56. The molecule has 0 aliphatic heterocycles. The topological polar surface area (TPSA) is 88.8 Å². The van der Waals surface area contributed by atoms with E-state index in [9.17, 15) is 14.7 Å². The number of aryl methyl sites for hydroxylation is 1. The minimum absolute atomic E-state index is 0.0292. The lowest BCUT2D eigenvalue weighted by atomic mass is 10.0. The van der Waals surface area contributed by atoms with Crippen LogP contribution in [0.3, 0.4) is 0 Å². The highest BCUT2D eigenvalue weighted by atomic mass is 31.2. The first-order valence-electron chi connectivity index (χ1n) is 16.3. The van der Waals surface area contributed by atoms with Crippen LogP contribution in [0.1, 0.15) is 32.3 Å². The van der Waals surface area contributed by atoms with Crippen LogP contribution in [0.15, 0.2) is 143 Å². The second-order valence-corrected chi connectivity index (χ2v) is 15.8. The molecular formula is C41H39NO5P+. The van der Waals surface area contributed by atoms with Crippen LogP contribution in [0, 0.1) is 0 Å². The number of hydrogen-bond donors (Lipinski definition) is 2. The van der Waals surface area contributed by atoms with Gasteiger partial charge in [-0.15, -0.1) is 0 Å². The van der Waals surface area contributed by atoms with E-state index in [0.29, 0.717) is 11.3 Å². The maximum atomic E-state index is 12.9.